The number of hydrogen-bond donors (Lipinski definition) is 1. The Kier molecular flexibility index (Phi) is 5.58. The summed E-state index contributed by atoms with van der Waals surface area (Å²) < 4.78 is 0. The number of hydrogen-bond acceptors (Lipinski definition) is 2. The third-order valence-electron chi connectivity index (χ3n) is 3.87. The van der Waals surface area contributed by atoms with Crippen LogP contribution >= 0.6 is 11.6 Å². The van der Waals surface area contributed by atoms with Gasteiger partial charge >= 0.3 is 0 Å². The third-order valence-corrected chi connectivity index (χ3v) is 4.12. The molecule has 3 nitrogen and oxygen atoms in total. The van der Waals surface area contributed by atoms with Gasteiger partial charge in [-0.15, -0.1) is 0 Å². The molecule has 2 rings (SSSR count). The molecule has 0 bridgehead atoms. The first-order valence-electron chi connectivity index (χ1n) is 7.22. The van der Waals surface area contributed by atoms with Gasteiger partial charge in [0.1, 0.15) is 0 Å². The SMILES string of the molecule is CC(C(O)c1ccccc1)N(C)C(=O)Cc1ccc(Cl)cc1. The first kappa shape index (κ1) is 16.5. The van der Waals surface area contributed by atoms with Crippen LogP contribution in [0.1, 0.15) is 24.2 Å². The molecule has 116 valence electrons. The fraction of sp³-hybridized carbons (Fsp3) is 0.278. The molecule has 0 aromatic heterocycles. The van der Waals surface area contributed by atoms with Crippen molar-refractivity contribution in [2.45, 2.75) is 25.5 Å². The molecule has 2 aromatic rings. The number of rotatable bonds is 5. The summed E-state index contributed by atoms with van der Waals surface area (Å²) in [5, 5.41) is 11.0. The number of aliphatic hydroxyl groups is 1. The topological polar surface area (TPSA) is 40.5 Å². The van der Waals surface area contributed by atoms with E-state index in [2.05, 4.69) is 0 Å². The van der Waals surface area contributed by atoms with Gasteiger partial charge in [0.2, 0.25) is 5.91 Å². The standard InChI is InChI=1S/C18H20ClNO2/c1-13(18(22)15-6-4-3-5-7-15)20(2)17(21)12-14-8-10-16(19)11-9-14/h3-11,13,18,22H,12H2,1-2H3. The predicted molar refractivity (Wildman–Crippen MR) is 88.8 cm³/mol. The molecule has 1 N–H and O–H groups in total. The molecule has 2 atom stereocenters. The average molecular weight is 318 g/mol. The molecule has 0 heterocycles. The van der Waals surface area contributed by atoms with E-state index in [0.717, 1.165) is 11.1 Å². The predicted octanol–water partition coefficient (Wildman–Crippen LogP) is 3.46. The monoisotopic (exact) mass is 317 g/mol. The summed E-state index contributed by atoms with van der Waals surface area (Å²) in [5.74, 6) is -0.0372. The largest absolute Gasteiger partial charge is 0.386 e. The molecule has 0 radical (unpaired) electrons. The van der Waals surface area contributed by atoms with E-state index in [1.807, 2.05) is 49.4 Å². The summed E-state index contributed by atoms with van der Waals surface area (Å²) in [4.78, 5) is 13.9. The van der Waals surface area contributed by atoms with Crippen LogP contribution in [0.2, 0.25) is 5.02 Å². The Morgan fingerprint density at radius 3 is 2.32 bits per heavy atom. The van der Waals surface area contributed by atoms with Crippen LogP contribution in [0.15, 0.2) is 54.6 Å². The Morgan fingerprint density at radius 1 is 1.14 bits per heavy atom. The van der Waals surface area contributed by atoms with Crippen LogP contribution in [0, 0.1) is 0 Å². The molecule has 4 heteroatoms. The van der Waals surface area contributed by atoms with Crippen LogP contribution in [0.4, 0.5) is 0 Å². The van der Waals surface area contributed by atoms with Crippen molar-refractivity contribution in [1.29, 1.82) is 0 Å². The summed E-state index contributed by atoms with van der Waals surface area (Å²) in [7, 11) is 1.72. The highest BCUT2D eigenvalue weighted by molar-refractivity contribution is 6.30. The van der Waals surface area contributed by atoms with Crippen LogP contribution in [0.5, 0.6) is 0 Å². The van der Waals surface area contributed by atoms with Gasteiger partial charge in [-0.25, -0.2) is 0 Å². The normalized spacial score (nSPS) is 13.5. The van der Waals surface area contributed by atoms with E-state index >= 15 is 0 Å². The Balaban J connectivity index is 2.01. The molecule has 0 saturated carbocycles. The lowest BCUT2D eigenvalue weighted by Gasteiger charge is -2.29. The fourth-order valence-corrected chi connectivity index (χ4v) is 2.40. The number of aliphatic hydroxyl groups excluding tert-OH is 1. The van der Waals surface area contributed by atoms with Crippen molar-refractivity contribution in [2.75, 3.05) is 7.05 Å². The quantitative estimate of drug-likeness (QED) is 0.917. The van der Waals surface area contributed by atoms with E-state index in [9.17, 15) is 9.90 Å². The number of halogens is 1. The molecule has 2 unspecified atom stereocenters. The van der Waals surface area contributed by atoms with Gasteiger partial charge < -0.3 is 10.0 Å². The van der Waals surface area contributed by atoms with E-state index in [0.29, 0.717) is 11.4 Å². The van der Waals surface area contributed by atoms with E-state index in [4.69, 9.17) is 11.6 Å². The minimum atomic E-state index is -0.708. The van der Waals surface area contributed by atoms with Gasteiger partial charge in [-0.2, -0.15) is 0 Å². The maximum absolute atomic E-state index is 12.4. The first-order valence-corrected chi connectivity index (χ1v) is 7.60. The second kappa shape index (κ2) is 7.43. The number of carbonyl (C=O) groups is 1. The van der Waals surface area contributed by atoms with Crippen molar-refractivity contribution in [3.8, 4) is 0 Å². The van der Waals surface area contributed by atoms with E-state index < -0.39 is 6.10 Å². The van der Waals surface area contributed by atoms with Gasteiger partial charge in [-0.3, -0.25) is 4.79 Å². The van der Waals surface area contributed by atoms with Gasteiger partial charge in [0.25, 0.3) is 0 Å². The molecule has 0 spiro atoms. The molecular formula is C18H20ClNO2. The molecule has 22 heavy (non-hydrogen) atoms. The first-order chi connectivity index (χ1) is 10.5. The van der Waals surface area contributed by atoms with Crippen molar-refractivity contribution < 1.29 is 9.90 Å². The summed E-state index contributed by atoms with van der Waals surface area (Å²) in [6.45, 7) is 1.84. The molecule has 0 aliphatic heterocycles. The van der Waals surface area contributed by atoms with E-state index in [1.54, 1.807) is 24.1 Å². The number of carbonyl (C=O) groups excluding carboxylic acids is 1. The molecule has 0 saturated heterocycles. The summed E-state index contributed by atoms with van der Waals surface area (Å²) >= 11 is 5.84. The van der Waals surface area contributed by atoms with Crippen molar-refractivity contribution in [2.24, 2.45) is 0 Å². The summed E-state index contributed by atoms with van der Waals surface area (Å²) in [6, 6.07) is 16.3. The highest BCUT2D eigenvalue weighted by Gasteiger charge is 2.23. The third kappa shape index (κ3) is 4.09. The van der Waals surface area contributed by atoms with Crippen molar-refractivity contribution in [3.05, 3.63) is 70.7 Å². The lowest BCUT2D eigenvalue weighted by atomic mass is 10.0. The zero-order chi connectivity index (χ0) is 16.1. The summed E-state index contributed by atoms with van der Waals surface area (Å²) in [6.07, 6.45) is -0.417. The number of likely N-dealkylation sites (N-methyl/N-ethyl adjacent to an activating group) is 1. The Labute approximate surface area is 136 Å². The Morgan fingerprint density at radius 2 is 1.73 bits per heavy atom. The second-order valence-corrected chi connectivity index (χ2v) is 5.84. The maximum Gasteiger partial charge on any atom is 0.227 e. The van der Waals surface area contributed by atoms with Gasteiger partial charge in [-0.05, 0) is 30.2 Å². The van der Waals surface area contributed by atoms with Crippen LogP contribution in [-0.2, 0) is 11.2 Å². The number of amides is 1. The molecular weight excluding hydrogens is 298 g/mol. The van der Waals surface area contributed by atoms with Crippen LogP contribution in [0.3, 0.4) is 0 Å². The maximum atomic E-state index is 12.4. The molecule has 0 aliphatic rings. The van der Waals surface area contributed by atoms with E-state index in [-0.39, 0.29) is 11.9 Å². The van der Waals surface area contributed by atoms with Gasteiger partial charge in [0.05, 0.1) is 18.6 Å². The van der Waals surface area contributed by atoms with Crippen LogP contribution < -0.4 is 0 Å². The van der Waals surface area contributed by atoms with Gasteiger partial charge in [-0.1, -0.05) is 54.1 Å². The minimum absolute atomic E-state index is 0.0372. The zero-order valence-corrected chi connectivity index (χ0v) is 13.5. The molecule has 0 fully saturated rings. The van der Waals surface area contributed by atoms with Crippen molar-refractivity contribution in [1.82, 2.24) is 4.90 Å². The lowest BCUT2D eigenvalue weighted by molar-refractivity contribution is -0.133. The van der Waals surface area contributed by atoms with Crippen LogP contribution in [-0.4, -0.2) is 29.0 Å². The highest BCUT2D eigenvalue weighted by Crippen LogP contribution is 2.20. The van der Waals surface area contributed by atoms with Crippen molar-refractivity contribution >= 4 is 17.5 Å². The fourth-order valence-electron chi connectivity index (χ4n) is 2.27. The van der Waals surface area contributed by atoms with Gasteiger partial charge in [0.15, 0.2) is 0 Å². The lowest BCUT2D eigenvalue weighted by Crippen LogP contribution is -2.39. The van der Waals surface area contributed by atoms with E-state index in [1.165, 1.54) is 0 Å². The molecule has 0 aliphatic carbocycles. The number of nitrogens with zero attached hydrogens (tertiary/aromatic N) is 1. The zero-order valence-electron chi connectivity index (χ0n) is 12.7. The number of benzene rings is 2. The second-order valence-electron chi connectivity index (χ2n) is 5.40. The van der Waals surface area contributed by atoms with Crippen LogP contribution in [0.25, 0.3) is 0 Å². The molecule has 1 amide bonds. The average Bonchev–Trinajstić information content (AvgIpc) is 2.55. The Bertz CT molecular complexity index is 613. The van der Waals surface area contributed by atoms with Gasteiger partial charge in [0, 0.05) is 12.1 Å². The van der Waals surface area contributed by atoms with Crippen molar-refractivity contribution in [3.63, 3.8) is 0 Å². The Hall–Kier alpha value is -1.84. The minimum Gasteiger partial charge on any atom is -0.386 e. The summed E-state index contributed by atoms with van der Waals surface area (Å²) in [5.41, 5.74) is 1.71. The molecule has 2 aromatic carbocycles. The smallest absolute Gasteiger partial charge is 0.227 e. The highest BCUT2D eigenvalue weighted by atomic mass is 35.5.